The third-order valence-corrected chi connectivity index (χ3v) is 2.97. The number of carbonyl (C=O) groups is 2. The van der Waals surface area contributed by atoms with E-state index in [1.165, 1.54) is 27.2 Å². The molecule has 21 heavy (non-hydrogen) atoms. The summed E-state index contributed by atoms with van der Waals surface area (Å²) in [6.45, 7) is 9.06. The maximum atomic E-state index is 12.2. The highest BCUT2D eigenvalue weighted by molar-refractivity contribution is 6.37. The summed E-state index contributed by atoms with van der Waals surface area (Å²) >= 11 is 6.02. The molecule has 0 aliphatic heterocycles. The molecule has 0 fully saturated rings. The normalized spacial score (nSPS) is 15.6. The fourth-order valence-corrected chi connectivity index (χ4v) is 1.76. The van der Waals surface area contributed by atoms with Crippen molar-refractivity contribution in [3.63, 3.8) is 0 Å². The Morgan fingerprint density at radius 2 is 1.71 bits per heavy atom. The predicted octanol–water partition coefficient (Wildman–Crippen LogP) is 3.18. The van der Waals surface area contributed by atoms with Crippen LogP contribution in [0.25, 0.3) is 0 Å². The van der Waals surface area contributed by atoms with Crippen LogP contribution in [-0.2, 0) is 19.1 Å². The fourth-order valence-electron chi connectivity index (χ4n) is 1.53. The molecule has 1 N–H and O–H groups in total. The van der Waals surface area contributed by atoms with E-state index in [0.29, 0.717) is 0 Å². The number of aliphatic carboxylic acids is 1. The number of allylic oxidation sites excluding steroid dienone is 3. The number of carbonyl (C=O) groups excluding carboxylic acids is 1. The Balaban J connectivity index is 0.00000191. The van der Waals surface area contributed by atoms with Crippen LogP contribution in [0.4, 0.5) is 0 Å². The summed E-state index contributed by atoms with van der Waals surface area (Å²) in [6, 6.07) is 0. The van der Waals surface area contributed by atoms with E-state index in [0.717, 1.165) is 0 Å². The van der Waals surface area contributed by atoms with Crippen molar-refractivity contribution in [1.29, 1.82) is 0 Å². The third kappa shape index (κ3) is 3.98. The van der Waals surface area contributed by atoms with Crippen molar-refractivity contribution < 1.29 is 24.2 Å². The van der Waals surface area contributed by atoms with Gasteiger partial charge in [0.15, 0.2) is 5.76 Å². The maximum absolute atomic E-state index is 12.2. The smallest absolute Gasteiger partial charge is 0.331 e. The fraction of sp³-hybridized carbons (Fsp3) is 0.333. The summed E-state index contributed by atoms with van der Waals surface area (Å²) < 4.78 is 10.00. The molecule has 0 bridgehead atoms. The SMILES string of the molecule is C=C1C(Cl)=C(/C=C(\C)C(=O)O)C(=O)C(OC)=C1OC.CC. The number of hydrogen-bond acceptors (Lipinski definition) is 4. The van der Waals surface area contributed by atoms with Crippen molar-refractivity contribution in [3.05, 3.63) is 45.9 Å². The van der Waals surface area contributed by atoms with Gasteiger partial charge in [-0.2, -0.15) is 0 Å². The Hall–Kier alpha value is -2.01. The Bertz CT molecular complexity index is 552. The largest absolute Gasteiger partial charge is 0.492 e. The van der Waals surface area contributed by atoms with Gasteiger partial charge in [0, 0.05) is 16.7 Å². The quantitative estimate of drug-likeness (QED) is 0.807. The Morgan fingerprint density at radius 3 is 2.10 bits per heavy atom. The monoisotopic (exact) mass is 314 g/mol. The average molecular weight is 315 g/mol. The zero-order valence-corrected chi connectivity index (χ0v) is 13.5. The highest BCUT2D eigenvalue weighted by atomic mass is 35.5. The molecule has 0 amide bonds. The lowest BCUT2D eigenvalue weighted by Crippen LogP contribution is -2.18. The first-order valence-corrected chi connectivity index (χ1v) is 6.60. The van der Waals surface area contributed by atoms with Crippen LogP contribution in [0, 0.1) is 0 Å². The van der Waals surface area contributed by atoms with Gasteiger partial charge in [0.1, 0.15) is 0 Å². The van der Waals surface area contributed by atoms with E-state index in [4.69, 9.17) is 26.2 Å². The molecular weight excluding hydrogens is 296 g/mol. The Morgan fingerprint density at radius 1 is 1.24 bits per heavy atom. The van der Waals surface area contributed by atoms with Crippen LogP contribution in [0.15, 0.2) is 45.9 Å². The molecule has 0 saturated heterocycles. The first kappa shape index (κ1) is 19.0. The average Bonchev–Trinajstić information content (AvgIpc) is 2.48. The van der Waals surface area contributed by atoms with Crippen molar-refractivity contribution >= 4 is 23.4 Å². The van der Waals surface area contributed by atoms with E-state index >= 15 is 0 Å². The van der Waals surface area contributed by atoms with Gasteiger partial charge in [0.25, 0.3) is 0 Å². The van der Waals surface area contributed by atoms with Gasteiger partial charge >= 0.3 is 5.97 Å². The summed E-state index contributed by atoms with van der Waals surface area (Å²) in [5, 5.41) is 8.88. The standard InChI is InChI=1S/C13H13ClO5.C2H6/c1-6(13(16)17)5-8-9(14)7(2)11(18-3)12(19-4)10(8)15;1-2/h5H,2H2,1,3-4H3,(H,16,17);1-2H3/b6-5+;. The van der Waals surface area contributed by atoms with Gasteiger partial charge in [-0.25, -0.2) is 4.79 Å². The number of halogens is 1. The zero-order valence-electron chi connectivity index (χ0n) is 12.7. The first-order valence-electron chi connectivity index (χ1n) is 6.23. The Kier molecular flexibility index (Phi) is 7.52. The third-order valence-electron chi connectivity index (χ3n) is 2.54. The second kappa shape index (κ2) is 8.32. The summed E-state index contributed by atoms with van der Waals surface area (Å²) in [5.74, 6) is -1.60. The molecule has 0 atom stereocenters. The molecule has 0 unspecified atom stereocenters. The van der Waals surface area contributed by atoms with E-state index < -0.39 is 11.8 Å². The van der Waals surface area contributed by atoms with Crippen molar-refractivity contribution in [3.8, 4) is 0 Å². The topological polar surface area (TPSA) is 72.8 Å². The van der Waals surface area contributed by atoms with Crippen LogP contribution in [-0.4, -0.2) is 31.1 Å². The minimum Gasteiger partial charge on any atom is -0.492 e. The molecule has 0 spiro atoms. The van der Waals surface area contributed by atoms with Gasteiger partial charge in [0.2, 0.25) is 11.5 Å². The molecule has 6 heteroatoms. The number of ether oxygens (including phenoxy) is 2. The minimum absolute atomic E-state index is 0.0178. The summed E-state index contributed by atoms with van der Waals surface area (Å²) in [6.07, 6.45) is 1.18. The second-order valence-corrected chi connectivity index (χ2v) is 4.11. The van der Waals surface area contributed by atoms with Gasteiger partial charge < -0.3 is 14.6 Å². The molecule has 0 saturated carbocycles. The van der Waals surface area contributed by atoms with Crippen LogP contribution >= 0.6 is 11.6 Å². The number of carboxylic acid groups (broad SMARTS) is 1. The predicted molar refractivity (Wildman–Crippen MR) is 80.8 cm³/mol. The number of methoxy groups -OCH3 is 2. The molecule has 0 heterocycles. The first-order chi connectivity index (χ1) is 9.84. The maximum Gasteiger partial charge on any atom is 0.331 e. The van der Waals surface area contributed by atoms with Crippen molar-refractivity contribution in [1.82, 2.24) is 0 Å². The summed E-state index contributed by atoms with van der Waals surface area (Å²) in [7, 11) is 2.67. The lowest BCUT2D eigenvalue weighted by atomic mass is 9.96. The molecule has 0 aromatic carbocycles. The minimum atomic E-state index is -1.14. The number of Topliss-reactive ketones (excluding diaryl/α,β-unsaturated/α-hetero) is 1. The Labute approximate surface area is 129 Å². The zero-order chi connectivity index (χ0) is 16.7. The van der Waals surface area contributed by atoms with Crippen molar-refractivity contribution in [2.24, 2.45) is 0 Å². The van der Waals surface area contributed by atoms with Crippen molar-refractivity contribution in [2.75, 3.05) is 14.2 Å². The summed E-state index contributed by atoms with van der Waals surface area (Å²) in [4.78, 5) is 23.0. The van der Waals surface area contributed by atoms with Crippen LogP contribution in [0.3, 0.4) is 0 Å². The van der Waals surface area contributed by atoms with Crippen LogP contribution in [0.5, 0.6) is 0 Å². The van der Waals surface area contributed by atoms with Crippen LogP contribution in [0.1, 0.15) is 20.8 Å². The van der Waals surface area contributed by atoms with E-state index in [1.807, 2.05) is 13.8 Å². The van der Waals surface area contributed by atoms with E-state index in [-0.39, 0.29) is 33.3 Å². The lowest BCUT2D eigenvalue weighted by Gasteiger charge is -2.20. The highest BCUT2D eigenvalue weighted by Gasteiger charge is 2.31. The molecule has 0 radical (unpaired) electrons. The van der Waals surface area contributed by atoms with Crippen LogP contribution < -0.4 is 0 Å². The number of ketones is 1. The van der Waals surface area contributed by atoms with E-state index in [9.17, 15) is 9.59 Å². The molecule has 1 rings (SSSR count). The molecule has 5 nitrogen and oxygen atoms in total. The number of hydrogen-bond donors (Lipinski definition) is 1. The highest BCUT2D eigenvalue weighted by Crippen LogP contribution is 2.35. The molecule has 1 aliphatic carbocycles. The van der Waals surface area contributed by atoms with Gasteiger partial charge in [-0.3, -0.25) is 4.79 Å². The number of carboxylic acids is 1. The lowest BCUT2D eigenvalue weighted by molar-refractivity contribution is -0.132. The van der Waals surface area contributed by atoms with Gasteiger partial charge in [-0.15, -0.1) is 0 Å². The summed E-state index contributed by atoms with van der Waals surface area (Å²) in [5.41, 5.74) is 0.264. The van der Waals surface area contributed by atoms with Crippen LogP contribution in [0.2, 0.25) is 0 Å². The van der Waals surface area contributed by atoms with Gasteiger partial charge in [-0.1, -0.05) is 32.0 Å². The molecule has 1 aliphatic rings. The van der Waals surface area contributed by atoms with E-state index in [2.05, 4.69) is 6.58 Å². The molecule has 116 valence electrons. The number of rotatable bonds is 4. The van der Waals surface area contributed by atoms with Gasteiger partial charge in [-0.05, 0) is 13.0 Å². The molecule has 0 aromatic heterocycles. The van der Waals surface area contributed by atoms with Crippen molar-refractivity contribution in [2.45, 2.75) is 20.8 Å². The molecule has 0 aromatic rings. The second-order valence-electron chi connectivity index (χ2n) is 3.73. The van der Waals surface area contributed by atoms with E-state index in [1.54, 1.807) is 0 Å². The van der Waals surface area contributed by atoms with Gasteiger partial charge in [0.05, 0.1) is 19.3 Å². The molecular formula is C15H19ClO5.